The van der Waals surface area contributed by atoms with E-state index in [0.717, 1.165) is 25.9 Å². The maximum atomic E-state index is 11.3. The number of nitrogens with zero attached hydrogens (tertiary/aromatic N) is 1. The monoisotopic (exact) mass is 171 g/mol. The molecular weight excluding hydrogens is 154 g/mol. The molecule has 0 aromatic carbocycles. The van der Waals surface area contributed by atoms with Crippen molar-refractivity contribution in [3.63, 3.8) is 0 Å². The zero-order valence-corrected chi connectivity index (χ0v) is 7.88. The first-order valence-electron chi connectivity index (χ1n) is 4.70. The fraction of sp³-hybridized carbons (Fsp3) is 0.889. The zero-order chi connectivity index (χ0) is 8.97. The van der Waals surface area contributed by atoms with Gasteiger partial charge in [-0.3, -0.25) is 9.69 Å². The predicted molar refractivity (Wildman–Crippen MR) is 46.9 cm³/mol. The first kappa shape index (κ1) is 9.52. The highest BCUT2D eigenvalue weighted by Crippen LogP contribution is 2.13. The molecule has 1 aliphatic heterocycles. The molecule has 1 atom stereocenters. The summed E-state index contributed by atoms with van der Waals surface area (Å²) in [5.74, 6) is -0.0371. The average Bonchev–Trinajstić information content (AvgIpc) is 2.10. The quantitative estimate of drug-likeness (QED) is 0.594. The van der Waals surface area contributed by atoms with Crippen molar-refractivity contribution in [3.8, 4) is 0 Å². The zero-order valence-electron chi connectivity index (χ0n) is 7.88. The summed E-state index contributed by atoms with van der Waals surface area (Å²) in [6, 6.07) is 0.0220. The van der Waals surface area contributed by atoms with Gasteiger partial charge in [0, 0.05) is 0 Å². The molecule has 0 spiro atoms. The third-order valence-corrected chi connectivity index (χ3v) is 2.39. The second-order valence-corrected chi connectivity index (χ2v) is 3.05. The molecule has 3 heteroatoms. The Bertz CT molecular complexity index is 155. The molecule has 0 aliphatic carbocycles. The Labute approximate surface area is 73.7 Å². The normalized spacial score (nSPS) is 24.2. The van der Waals surface area contributed by atoms with Gasteiger partial charge in [0.2, 0.25) is 0 Å². The summed E-state index contributed by atoms with van der Waals surface area (Å²) in [5, 5.41) is 0. The summed E-state index contributed by atoms with van der Waals surface area (Å²) in [7, 11) is 0. The highest BCUT2D eigenvalue weighted by atomic mass is 16.5. The molecule has 1 rings (SSSR count). The highest BCUT2D eigenvalue weighted by molar-refractivity contribution is 5.76. The van der Waals surface area contributed by atoms with Crippen molar-refractivity contribution in [2.24, 2.45) is 0 Å². The molecule has 1 saturated heterocycles. The van der Waals surface area contributed by atoms with E-state index in [1.165, 1.54) is 0 Å². The summed E-state index contributed by atoms with van der Waals surface area (Å²) in [5.41, 5.74) is 0. The smallest absolute Gasteiger partial charge is 0.323 e. The van der Waals surface area contributed by atoms with Crippen LogP contribution in [0.2, 0.25) is 0 Å². The molecule has 0 radical (unpaired) electrons. The minimum absolute atomic E-state index is 0.0220. The van der Waals surface area contributed by atoms with E-state index in [2.05, 4.69) is 18.7 Å². The van der Waals surface area contributed by atoms with E-state index in [1.807, 2.05) is 0 Å². The summed E-state index contributed by atoms with van der Waals surface area (Å²) in [6.45, 7) is 6.61. The van der Waals surface area contributed by atoms with Gasteiger partial charge in [0.05, 0.1) is 6.61 Å². The highest BCUT2D eigenvalue weighted by Gasteiger charge is 2.27. The van der Waals surface area contributed by atoms with Crippen LogP contribution in [0.3, 0.4) is 0 Å². The maximum Gasteiger partial charge on any atom is 0.323 e. The molecular formula is C9H17NO2. The van der Waals surface area contributed by atoms with E-state index in [4.69, 9.17) is 4.74 Å². The summed E-state index contributed by atoms with van der Waals surface area (Å²) < 4.78 is 4.99. The molecule has 70 valence electrons. The average molecular weight is 171 g/mol. The van der Waals surface area contributed by atoms with Crippen LogP contribution in [-0.4, -0.2) is 36.6 Å². The minimum Gasteiger partial charge on any atom is -0.465 e. The lowest BCUT2D eigenvalue weighted by atomic mass is 10.1. The van der Waals surface area contributed by atoms with Crippen LogP contribution in [0.15, 0.2) is 0 Å². The van der Waals surface area contributed by atoms with E-state index in [0.29, 0.717) is 6.61 Å². The Morgan fingerprint density at radius 2 is 2.17 bits per heavy atom. The van der Waals surface area contributed by atoms with E-state index < -0.39 is 0 Å². The SMILES string of the molecule is CCN(CC)C1CCCOC1=O. The van der Waals surface area contributed by atoms with Gasteiger partial charge in [-0.1, -0.05) is 13.8 Å². The van der Waals surface area contributed by atoms with Crippen LogP contribution in [-0.2, 0) is 9.53 Å². The molecule has 0 amide bonds. The number of likely N-dealkylation sites (N-methyl/N-ethyl adjacent to an activating group) is 1. The van der Waals surface area contributed by atoms with E-state index in [-0.39, 0.29) is 12.0 Å². The summed E-state index contributed by atoms with van der Waals surface area (Å²) in [6.07, 6.45) is 1.97. The summed E-state index contributed by atoms with van der Waals surface area (Å²) in [4.78, 5) is 13.4. The van der Waals surface area contributed by atoms with Gasteiger partial charge in [-0.25, -0.2) is 0 Å². The third-order valence-electron chi connectivity index (χ3n) is 2.39. The Morgan fingerprint density at radius 1 is 1.50 bits per heavy atom. The number of cyclic esters (lactones) is 1. The number of ether oxygens (including phenoxy) is 1. The van der Waals surface area contributed by atoms with Crippen LogP contribution >= 0.6 is 0 Å². The fourth-order valence-electron chi connectivity index (χ4n) is 1.66. The maximum absolute atomic E-state index is 11.3. The molecule has 12 heavy (non-hydrogen) atoms. The van der Waals surface area contributed by atoms with Crippen LogP contribution in [0.4, 0.5) is 0 Å². The van der Waals surface area contributed by atoms with Crippen molar-refractivity contribution in [3.05, 3.63) is 0 Å². The number of carbonyl (C=O) groups excluding carboxylic acids is 1. The van der Waals surface area contributed by atoms with Crippen LogP contribution in [0, 0.1) is 0 Å². The lowest BCUT2D eigenvalue weighted by Crippen LogP contribution is -2.44. The first-order valence-corrected chi connectivity index (χ1v) is 4.70. The van der Waals surface area contributed by atoms with Crippen molar-refractivity contribution in [2.75, 3.05) is 19.7 Å². The number of hydrogen-bond donors (Lipinski definition) is 0. The lowest BCUT2D eigenvalue weighted by Gasteiger charge is -2.30. The molecule has 0 saturated carbocycles. The molecule has 1 unspecified atom stereocenters. The second-order valence-electron chi connectivity index (χ2n) is 3.05. The van der Waals surface area contributed by atoms with Gasteiger partial charge in [-0.15, -0.1) is 0 Å². The van der Waals surface area contributed by atoms with Crippen molar-refractivity contribution in [1.29, 1.82) is 0 Å². The van der Waals surface area contributed by atoms with Crippen LogP contribution in [0.5, 0.6) is 0 Å². The number of hydrogen-bond acceptors (Lipinski definition) is 3. The molecule has 1 heterocycles. The van der Waals surface area contributed by atoms with Gasteiger partial charge >= 0.3 is 5.97 Å². The van der Waals surface area contributed by atoms with Crippen molar-refractivity contribution in [1.82, 2.24) is 4.90 Å². The molecule has 0 N–H and O–H groups in total. The van der Waals surface area contributed by atoms with Gasteiger partial charge < -0.3 is 4.74 Å². The standard InChI is InChI=1S/C9H17NO2/c1-3-10(4-2)8-6-5-7-12-9(8)11/h8H,3-7H2,1-2H3. The number of rotatable bonds is 3. The summed E-state index contributed by atoms with van der Waals surface area (Å²) >= 11 is 0. The lowest BCUT2D eigenvalue weighted by molar-refractivity contribution is -0.154. The largest absolute Gasteiger partial charge is 0.465 e. The molecule has 0 aromatic heterocycles. The van der Waals surface area contributed by atoms with Gasteiger partial charge in [0.15, 0.2) is 0 Å². The van der Waals surface area contributed by atoms with E-state index in [1.54, 1.807) is 0 Å². The molecule has 0 bridgehead atoms. The van der Waals surface area contributed by atoms with Crippen LogP contribution in [0.1, 0.15) is 26.7 Å². The molecule has 0 aromatic rings. The van der Waals surface area contributed by atoms with Crippen LogP contribution in [0.25, 0.3) is 0 Å². The second kappa shape index (κ2) is 4.45. The number of esters is 1. The number of carbonyl (C=O) groups is 1. The van der Waals surface area contributed by atoms with E-state index in [9.17, 15) is 4.79 Å². The Balaban J connectivity index is 2.51. The third kappa shape index (κ3) is 1.97. The van der Waals surface area contributed by atoms with Gasteiger partial charge in [-0.05, 0) is 25.9 Å². The van der Waals surface area contributed by atoms with Gasteiger partial charge in [-0.2, -0.15) is 0 Å². The van der Waals surface area contributed by atoms with Crippen molar-refractivity contribution < 1.29 is 9.53 Å². The fourth-order valence-corrected chi connectivity index (χ4v) is 1.66. The molecule has 3 nitrogen and oxygen atoms in total. The van der Waals surface area contributed by atoms with Crippen molar-refractivity contribution >= 4 is 5.97 Å². The molecule has 1 fully saturated rings. The molecule has 1 aliphatic rings. The Morgan fingerprint density at radius 3 is 2.67 bits per heavy atom. The van der Waals surface area contributed by atoms with E-state index >= 15 is 0 Å². The minimum atomic E-state index is -0.0371. The van der Waals surface area contributed by atoms with Crippen molar-refractivity contribution in [2.45, 2.75) is 32.7 Å². The Kier molecular flexibility index (Phi) is 3.53. The van der Waals surface area contributed by atoms with Gasteiger partial charge in [0.25, 0.3) is 0 Å². The van der Waals surface area contributed by atoms with Crippen LogP contribution < -0.4 is 0 Å². The first-order chi connectivity index (χ1) is 5.79. The van der Waals surface area contributed by atoms with Gasteiger partial charge in [0.1, 0.15) is 6.04 Å². The topological polar surface area (TPSA) is 29.5 Å². The Hall–Kier alpha value is -0.570. The predicted octanol–water partition coefficient (Wildman–Crippen LogP) is 1.03.